The third-order valence-electron chi connectivity index (χ3n) is 4.40. The standard InChI is InChI=1S/C20H23N3O3/c1-21(2)17-10-8-16(9-11-17)19(24)22-12-14-23(15-13-22)20(25)26-18-6-4-3-5-7-18/h3-11H,12-15H2,1-2H3. The summed E-state index contributed by atoms with van der Waals surface area (Å²) in [6, 6.07) is 16.5. The molecule has 0 spiro atoms. The number of carbonyl (C=O) groups excluding carboxylic acids is 2. The fraction of sp³-hybridized carbons (Fsp3) is 0.300. The first-order valence-corrected chi connectivity index (χ1v) is 8.63. The number of amides is 2. The lowest BCUT2D eigenvalue weighted by Gasteiger charge is -2.34. The molecule has 0 bridgehead atoms. The summed E-state index contributed by atoms with van der Waals surface area (Å²) in [4.78, 5) is 30.2. The SMILES string of the molecule is CN(C)c1ccc(C(=O)N2CCN(C(=O)Oc3ccccc3)CC2)cc1. The summed E-state index contributed by atoms with van der Waals surface area (Å²) in [6.45, 7) is 1.93. The first-order chi connectivity index (χ1) is 12.5. The highest BCUT2D eigenvalue weighted by molar-refractivity contribution is 5.94. The quantitative estimate of drug-likeness (QED) is 0.851. The summed E-state index contributed by atoms with van der Waals surface area (Å²) in [7, 11) is 3.93. The molecule has 3 rings (SSSR count). The predicted octanol–water partition coefficient (Wildman–Crippen LogP) is 2.71. The van der Waals surface area contributed by atoms with Crippen LogP contribution in [0.2, 0.25) is 0 Å². The molecule has 2 aromatic carbocycles. The Bertz CT molecular complexity index is 752. The van der Waals surface area contributed by atoms with Crippen LogP contribution >= 0.6 is 0 Å². The van der Waals surface area contributed by atoms with Gasteiger partial charge in [0.1, 0.15) is 5.75 Å². The van der Waals surface area contributed by atoms with Crippen molar-refractivity contribution in [3.8, 4) is 5.75 Å². The maximum Gasteiger partial charge on any atom is 0.415 e. The fourth-order valence-electron chi connectivity index (χ4n) is 2.83. The van der Waals surface area contributed by atoms with E-state index in [0.717, 1.165) is 5.69 Å². The molecular weight excluding hydrogens is 330 g/mol. The summed E-state index contributed by atoms with van der Waals surface area (Å²) in [6.07, 6.45) is -0.376. The zero-order valence-electron chi connectivity index (χ0n) is 15.1. The van der Waals surface area contributed by atoms with Crippen LogP contribution in [0.3, 0.4) is 0 Å². The van der Waals surface area contributed by atoms with E-state index >= 15 is 0 Å². The van der Waals surface area contributed by atoms with E-state index in [1.54, 1.807) is 21.9 Å². The molecule has 1 aliphatic rings. The van der Waals surface area contributed by atoms with Crippen molar-refractivity contribution >= 4 is 17.7 Å². The molecule has 1 heterocycles. The average Bonchev–Trinajstić information content (AvgIpc) is 2.68. The Kier molecular flexibility index (Phi) is 5.41. The summed E-state index contributed by atoms with van der Waals surface area (Å²) >= 11 is 0. The number of carbonyl (C=O) groups is 2. The molecule has 0 N–H and O–H groups in total. The molecule has 1 fully saturated rings. The van der Waals surface area contributed by atoms with Gasteiger partial charge in [0.05, 0.1) is 0 Å². The van der Waals surface area contributed by atoms with Crippen LogP contribution in [0.4, 0.5) is 10.5 Å². The number of ether oxygens (including phenoxy) is 1. The molecule has 136 valence electrons. The lowest BCUT2D eigenvalue weighted by Crippen LogP contribution is -2.51. The number of para-hydroxylation sites is 1. The molecule has 0 unspecified atom stereocenters. The second-order valence-corrected chi connectivity index (χ2v) is 6.40. The van der Waals surface area contributed by atoms with Crippen molar-refractivity contribution in [3.05, 3.63) is 60.2 Å². The number of benzene rings is 2. The van der Waals surface area contributed by atoms with Gasteiger partial charge in [-0.25, -0.2) is 4.79 Å². The Balaban J connectivity index is 1.54. The zero-order chi connectivity index (χ0) is 18.5. The highest BCUT2D eigenvalue weighted by Gasteiger charge is 2.26. The van der Waals surface area contributed by atoms with Crippen LogP contribution in [0, 0.1) is 0 Å². The van der Waals surface area contributed by atoms with Gasteiger partial charge >= 0.3 is 6.09 Å². The molecule has 0 radical (unpaired) electrons. The van der Waals surface area contributed by atoms with Crippen molar-refractivity contribution in [2.75, 3.05) is 45.2 Å². The number of nitrogens with zero attached hydrogens (tertiary/aromatic N) is 3. The molecule has 2 amide bonds. The van der Waals surface area contributed by atoms with E-state index < -0.39 is 0 Å². The third-order valence-corrected chi connectivity index (χ3v) is 4.40. The normalized spacial score (nSPS) is 14.1. The Morgan fingerprint density at radius 3 is 2.00 bits per heavy atom. The van der Waals surface area contributed by atoms with Gasteiger partial charge in [-0.15, -0.1) is 0 Å². The Hall–Kier alpha value is -3.02. The smallest absolute Gasteiger partial charge is 0.410 e. The molecular formula is C20H23N3O3. The zero-order valence-corrected chi connectivity index (χ0v) is 15.1. The lowest BCUT2D eigenvalue weighted by atomic mass is 10.1. The van der Waals surface area contributed by atoms with E-state index in [0.29, 0.717) is 37.5 Å². The summed E-state index contributed by atoms with van der Waals surface area (Å²) in [5.74, 6) is 0.517. The summed E-state index contributed by atoms with van der Waals surface area (Å²) < 4.78 is 5.35. The maximum atomic E-state index is 12.6. The molecule has 26 heavy (non-hydrogen) atoms. The van der Waals surface area contributed by atoms with Crippen LogP contribution in [0.5, 0.6) is 5.75 Å². The van der Waals surface area contributed by atoms with Crippen molar-refractivity contribution in [2.45, 2.75) is 0 Å². The Morgan fingerprint density at radius 1 is 0.846 bits per heavy atom. The molecule has 6 nitrogen and oxygen atoms in total. The van der Waals surface area contributed by atoms with Crippen molar-refractivity contribution in [2.24, 2.45) is 0 Å². The van der Waals surface area contributed by atoms with Crippen LogP contribution in [-0.4, -0.2) is 62.1 Å². The number of piperazine rings is 1. The van der Waals surface area contributed by atoms with Crippen LogP contribution in [-0.2, 0) is 0 Å². The van der Waals surface area contributed by atoms with Gasteiger partial charge in [0.15, 0.2) is 0 Å². The molecule has 0 atom stereocenters. The summed E-state index contributed by atoms with van der Waals surface area (Å²) in [5.41, 5.74) is 1.71. The molecule has 6 heteroatoms. The molecule has 1 aliphatic heterocycles. The van der Waals surface area contributed by atoms with Crippen LogP contribution in [0.1, 0.15) is 10.4 Å². The summed E-state index contributed by atoms with van der Waals surface area (Å²) in [5, 5.41) is 0. The Morgan fingerprint density at radius 2 is 1.42 bits per heavy atom. The average molecular weight is 353 g/mol. The highest BCUT2D eigenvalue weighted by Crippen LogP contribution is 2.16. The van der Waals surface area contributed by atoms with Gasteiger partial charge in [-0.1, -0.05) is 18.2 Å². The van der Waals surface area contributed by atoms with Crippen molar-refractivity contribution in [1.29, 1.82) is 0 Å². The Labute approximate surface area is 153 Å². The minimum atomic E-state index is -0.376. The maximum absolute atomic E-state index is 12.6. The van der Waals surface area contributed by atoms with Gasteiger partial charge in [0.25, 0.3) is 5.91 Å². The van der Waals surface area contributed by atoms with Gasteiger partial charge in [0, 0.05) is 51.5 Å². The van der Waals surface area contributed by atoms with E-state index in [4.69, 9.17) is 4.74 Å². The van der Waals surface area contributed by atoms with Gasteiger partial charge in [-0.2, -0.15) is 0 Å². The van der Waals surface area contributed by atoms with Crippen LogP contribution in [0.25, 0.3) is 0 Å². The van der Waals surface area contributed by atoms with E-state index in [1.165, 1.54) is 0 Å². The van der Waals surface area contributed by atoms with Crippen LogP contribution < -0.4 is 9.64 Å². The highest BCUT2D eigenvalue weighted by atomic mass is 16.6. The van der Waals surface area contributed by atoms with Gasteiger partial charge in [-0.05, 0) is 36.4 Å². The first-order valence-electron chi connectivity index (χ1n) is 8.63. The minimum absolute atomic E-state index is 0.00798. The number of hydrogen-bond donors (Lipinski definition) is 0. The molecule has 0 aliphatic carbocycles. The lowest BCUT2D eigenvalue weighted by molar-refractivity contribution is 0.0633. The van der Waals surface area contributed by atoms with Gasteiger partial charge < -0.3 is 19.4 Å². The van der Waals surface area contributed by atoms with Gasteiger partial charge in [-0.3, -0.25) is 4.79 Å². The van der Waals surface area contributed by atoms with E-state index in [1.807, 2.05) is 61.5 Å². The van der Waals surface area contributed by atoms with Crippen molar-refractivity contribution in [3.63, 3.8) is 0 Å². The van der Waals surface area contributed by atoms with E-state index in [9.17, 15) is 9.59 Å². The van der Waals surface area contributed by atoms with Crippen LogP contribution in [0.15, 0.2) is 54.6 Å². The first kappa shape index (κ1) is 17.8. The largest absolute Gasteiger partial charge is 0.415 e. The minimum Gasteiger partial charge on any atom is -0.410 e. The number of hydrogen-bond acceptors (Lipinski definition) is 4. The fourth-order valence-corrected chi connectivity index (χ4v) is 2.83. The molecule has 2 aromatic rings. The number of rotatable bonds is 3. The number of anilines is 1. The van der Waals surface area contributed by atoms with Gasteiger partial charge in [0.2, 0.25) is 0 Å². The van der Waals surface area contributed by atoms with Crippen molar-refractivity contribution < 1.29 is 14.3 Å². The third kappa shape index (κ3) is 4.14. The monoisotopic (exact) mass is 353 g/mol. The molecule has 1 saturated heterocycles. The predicted molar refractivity (Wildman–Crippen MR) is 101 cm³/mol. The van der Waals surface area contributed by atoms with E-state index in [2.05, 4.69) is 0 Å². The second kappa shape index (κ2) is 7.91. The molecule has 0 saturated carbocycles. The topological polar surface area (TPSA) is 53.1 Å². The second-order valence-electron chi connectivity index (χ2n) is 6.40. The van der Waals surface area contributed by atoms with E-state index in [-0.39, 0.29) is 12.0 Å². The molecule has 0 aromatic heterocycles. The van der Waals surface area contributed by atoms with Crippen molar-refractivity contribution in [1.82, 2.24) is 9.80 Å².